The smallest absolute Gasteiger partial charge is 0.303 e. The van der Waals surface area contributed by atoms with Gasteiger partial charge < -0.3 is 15.3 Å². The van der Waals surface area contributed by atoms with E-state index in [1.54, 1.807) is 19.2 Å². The van der Waals surface area contributed by atoms with Crippen molar-refractivity contribution >= 4 is 17.8 Å². The molecule has 2 amide bonds. The van der Waals surface area contributed by atoms with Gasteiger partial charge in [0, 0.05) is 26.4 Å². The summed E-state index contributed by atoms with van der Waals surface area (Å²) in [6.45, 7) is 0.246. The van der Waals surface area contributed by atoms with Gasteiger partial charge >= 0.3 is 5.97 Å². The van der Waals surface area contributed by atoms with E-state index in [1.807, 2.05) is 0 Å². The van der Waals surface area contributed by atoms with E-state index in [0.717, 1.165) is 0 Å². The van der Waals surface area contributed by atoms with Crippen LogP contribution in [0.15, 0.2) is 24.3 Å². The van der Waals surface area contributed by atoms with E-state index in [9.17, 15) is 18.8 Å². The highest BCUT2D eigenvalue weighted by Crippen LogP contribution is 2.37. The molecule has 1 heterocycles. The molecule has 2 atom stereocenters. The van der Waals surface area contributed by atoms with Gasteiger partial charge in [-0.25, -0.2) is 4.39 Å². The zero-order valence-corrected chi connectivity index (χ0v) is 12.8. The normalized spacial score (nSPS) is 20.6. The van der Waals surface area contributed by atoms with Crippen LogP contribution in [0.25, 0.3) is 0 Å². The van der Waals surface area contributed by atoms with Crippen LogP contribution in [0.5, 0.6) is 0 Å². The first kappa shape index (κ1) is 16.9. The summed E-state index contributed by atoms with van der Waals surface area (Å²) in [5, 5.41) is 11.3. The molecule has 0 aliphatic carbocycles. The zero-order chi connectivity index (χ0) is 17.0. The van der Waals surface area contributed by atoms with Crippen molar-refractivity contribution in [2.24, 2.45) is 5.92 Å². The SMILES string of the molecule is CN1C(=O)CC(C(=O)NCCCC(=O)O)C1c1ccc(F)cc1. The first-order valence-electron chi connectivity index (χ1n) is 7.40. The van der Waals surface area contributed by atoms with Gasteiger partial charge in [0.1, 0.15) is 5.82 Å². The Kier molecular flexibility index (Phi) is 5.31. The second-order valence-electron chi connectivity index (χ2n) is 5.60. The highest BCUT2D eigenvalue weighted by Gasteiger charge is 2.42. The van der Waals surface area contributed by atoms with Crippen molar-refractivity contribution in [3.8, 4) is 0 Å². The molecule has 1 saturated heterocycles. The Hall–Kier alpha value is -2.44. The second kappa shape index (κ2) is 7.21. The molecule has 1 aliphatic rings. The van der Waals surface area contributed by atoms with E-state index in [-0.39, 0.29) is 37.0 Å². The molecule has 7 heteroatoms. The summed E-state index contributed by atoms with van der Waals surface area (Å²) >= 11 is 0. The number of carboxylic acid groups (broad SMARTS) is 1. The lowest BCUT2D eigenvalue weighted by Crippen LogP contribution is -2.35. The Balaban J connectivity index is 2.06. The molecule has 0 saturated carbocycles. The predicted octanol–water partition coefficient (Wildman–Crippen LogP) is 1.33. The number of benzene rings is 1. The van der Waals surface area contributed by atoms with Crippen molar-refractivity contribution in [3.05, 3.63) is 35.6 Å². The molecule has 2 unspecified atom stereocenters. The number of carbonyl (C=O) groups is 3. The van der Waals surface area contributed by atoms with Gasteiger partial charge in [-0.3, -0.25) is 14.4 Å². The zero-order valence-electron chi connectivity index (χ0n) is 12.8. The van der Waals surface area contributed by atoms with Gasteiger partial charge in [0.05, 0.1) is 12.0 Å². The molecule has 0 aromatic heterocycles. The first-order chi connectivity index (χ1) is 10.9. The number of carboxylic acids is 1. The van der Waals surface area contributed by atoms with E-state index < -0.39 is 17.9 Å². The summed E-state index contributed by atoms with van der Waals surface area (Å²) in [7, 11) is 1.62. The minimum Gasteiger partial charge on any atom is -0.481 e. The fourth-order valence-corrected chi connectivity index (χ4v) is 2.80. The third-order valence-corrected chi connectivity index (χ3v) is 4.00. The van der Waals surface area contributed by atoms with Crippen LogP contribution in [-0.2, 0) is 14.4 Å². The van der Waals surface area contributed by atoms with Crippen molar-refractivity contribution in [1.29, 1.82) is 0 Å². The summed E-state index contributed by atoms with van der Waals surface area (Å²) < 4.78 is 13.1. The Bertz CT molecular complexity index is 603. The topological polar surface area (TPSA) is 86.7 Å². The van der Waals surface area contributed by atoms with E-state index in [1.165, 1.54) is 17.0 Å². The third-order valence-electron chi connectivity index (χ3n) is 4.00. The van der Waals surface area contributed by atoms with E-state index in [2.05, 4.69) is 5.32 Å². The van der Waals surface area contributed by atoms with Crippen molar-refractivity contribution in [2.75, 3.05) is 13.6 Å². The van der Waals surface area contributed by atoms with Crippen LogP contribution in [0.2, 0.25) is 0 Å². The van der Waals surface area contributed by atoms with Gasteiger partial charge in [-0.05, 0) is 24.1 Å². The lowest BCUT2D eigenvalue weighted by molar-refractivity contribution is -0.137. The molecule has 6 nitrogen and oxygen atoms in total. The van der Waals surface area contributed by atoms with Crippen LogP contribution in [0.3, 0.4) is 0 Å². The van der Waals surface area contributed by atoms with Crippen molar-refractivity contribution in [2.45, 2.75) is 25.3 Å². The van der Waals surface area contributed by atoms with Gasteiger partial charge in [-0.2, -0.15) is 0 Å². The highest BCUT2D eigenvalue weighted by atomic mass is 19.1. The third kappa shape index (κ3) is 4.06. The maximum atomic E-state index is 13.1. The van der Waals surface area contributed by atoms with Gasteiger partial charge in [0.15, 0.2) is 0 Å². The Labute approximate surface area is 133 Å². The fraction of sp³-hybridized carbons (Fsp3) is 0.438. The number of nitrogens with one attached hydrogen (secondary N) is 1. The standard InChI is InChI=1S/C16H19FN2O4/c1-19-13(20)9-12(16(23)18-8-2-3-14(21)22)15(19)10-4-6-11(17)7-5-10/h4-7,12,15H,2-3,8-9H2,1H3,(H,18,23)(H,21,22). The van der Waals surface area contributed by atoms with Crippen LogP contribution >= 0.6 is 0 Å². The minimum atomic E-state index is -0.917. The van der Waals surface area contributed by atoms with Gasteiger partial charge in [0.2, 0.25) is 11.8 Å². The Morgan fingerprint density at radius 1 is 1.35 bits per heavy atom. The van der Waals surface area contributed by atoms with Crippen LogP contribution in [-0.4, -0.2) is 41.4 Å². The molecule has 1 aliphatic heterocycles. The highest BCUT2D eigenvalue weighted by molar-refractivity contribution is 5.90. The Morgan fingerprint density at radius 3 is 2.61 bits per heavy atom. The molecule has 2 N–H and O–H groups in total. The van der Waals surface area contributed by atoms with Crippen LogP contribution in [0.4, 0.5) is 4.39 Å². The monoisotopic (exact) mass is 322 g/mol. The number of hydrogen-bond donors (Lipinski definition) is 2. The molecule has 2 rings (SSSR count). The molecular formula is C16H19FN2O4. The number of carbonyl (C=O) groups excluding carboxylic acids is 2. The van der Waals surface area contributed by atoms with Crippen LogP contribution < -0.4 is 5.32 Å². The maximum Gasteiger partial charge on any atom is 0.303 e. The van der Waals surface area contributed by atoms with Gasteiger partial charge in [0.25, 0.3) is 0 Å². The van der Waals surface area contributed by atoms with Crippen molar-refractivity contribution in [1.82, 2.24) is 10.2 Å². The minimum absolute atomic E-state index is 0.0226. The fourth-order valence-electron chi connectivity index (χ4n) is 2.80. The molecule has 1 fully saturated rings. The van der Waals surface area contributed by atoms with Crippen LogP contribution in [0.1, 0.15) is 30.9 Å². The number of nitrogens with zero attached hydrogens (tertiary/aromatic N) is 1. The maximum absolute atomic E-state index is 13.1. The number of likely N-dealkylation sites (tertiary alicyclic amines) is 1. The largest absolute Gasteiger partial charge is 0.481 e. The lowest BCUT2D eigenvalue weighted by Gasteiger charge is -2.25. The molecular weight excluding hydrogens is 303 g/mol. The number of halogens is 1. The molecule has 0 spiro atoms. The summed E-state index contributed by atoms with van der Waals surface area (Å²) in [4.78, 5) is 36.2. The molecule has 1 aromatic carbocycles. The van der Waals surface area contributed by atoms with Gasteiger partial charge in [-0.15, -0.1) is 0 Å². The quantitative estimate of drug-likeness (QED) is 0.774. The number of rotatable bonds is 6. The predicted molar refractivity (Wildman–Crippen MR) is 79.9 cm³/mol. The lowest BCUT2D eigenvalue weighted by atomic mass is 9.93. The first-order valence-corrected chi connectivity index (χ1v) is 7.40. The van der Waals surface area contributed by atoms with Crippen molar-refractivity contribution in [3.63, 3.8) is 0 Å². The summed E-state index contributed by atoms with van der Waals surface area (Å²) in [5.41, 5.74) is 0.699. The average Bonchev–Trinajstić information content (AvgIpc) is 2.80. The van der Waals surface area contributed by atoms with Gasteiger partial charge in [-0.1, -0.05) is 12.1 Å². The molecule has 0 bridgehead atoms. The van der Waals surface area contributed by atoms with Crippen LogP contribution in [0, 0.1) is 11.7 Å². The number of hydrogen-bond acceptors (Lipinski definition) is 3. The van der Waals surface area contributed by atoms with E-state index in [0.29, 0.717) is 12.0 Å². The molecule has 1 aromatic rings. The summed E-state index contributed by atoms with van der Waals surface area (Å²) in [6, 6.07) is 5.30. The number of aliphatic carboxylic acids is 1. The van der Waals surface area contributed by atoms with E-state index >= 15 is 0 Å². The summed E-state index contributed by atoms with van der Waals surface area (Å²) in [6.07, 6.45) is 0.396. The second-order valence-corrected chi connectivity index (χ2v) is 5.60. The molecule has 23 heavy (non-hydrogen) atoms. The van der Waals surface area contributed by atoms with Crippen molar-refractivity contribution < 1.29 is 23.9 Å². The molecule has 124 valence electrons. The summed E-state index contributed by atoms with van der Waals surface area (Å²) in [5.74, 6) is -2.30. The average molecular weight is 322 g/mol. The Morgan fingerprint density at radius 2 is 2.00 bits per heavy atom. The number of amides is 2. The van der Waals surface area contributed by atoms with E-state index in [4.69, 9.17) is 5.11 Å². The molecule has 0 radical (unpaired) electrons.